The van der Waals surface area contributed by atoms with Gasteiger partial charge in [-0.2, -0.15) is 0 Å². The first-order valence-electron chi connectivity index (χ1n) is 9.00. The third kappa shape index (κ3) is 4.43. The second kappa shape index (κ2) is 7.07. The van der Waals surface area contributed by atoms with Crippen molar-refractivity contribution in [3.05, 3.63) is 59.3 Å². The second-order valence-electron chi connectivity index (χ2n) is 8.06. The van der Waals surface area contributed by atoms with Crippen molar-refractivity contribution >= 4 is 32.5 Å². The van der Waals surface area contributed by atoms with Gasteiger partial charge in [0.15, 0.2) is 0 Å². The molecule has 1 amide bonds. The lowest BCUT2D eigenvalue weighted by Crippen LogP contribution is -2.40. The standard InChI is InChI=1S/C21H25N3O3S/c1-13-9-14(2)17-12-19(23-18(17)10-13)20(25)22-15-7-6-8-16(11-15)28(26,27)24-21(3,4)5/h6-12,23-24H,1-5H3,(H,22,25). The average Bonchev–Trinajstić information content (AvgIpc) is 2.97. The number of amides is 1. The maximum Gasteiger partial charge on any atom is 0.272 e. The van der Waals surface area contributed by atoms with Gasteiger partial charge in [0.1, 0.15) is 5.69 Å². The van der Waals surface area contributed by atoms with Gasteiger partial charge in [-0.05, 0) is 76.1 Å². The lowest BCUT2D eigenvalue weighted by Gasteiger charge is -2.20. The monoisotopic (exact) mass is 399 g/mol. The van der Waals surface area contributed by atoms with E-state index in [-0.39, 0.29) is 10.8 Å². The van der Waals surface area contributed by atoms with E-state index in [0.717, 1.165) is 22.0 Å². The van der Waals surface area contributed by atoms with Gasteiger partial charge in [-0.1, -0.05) is 12.1 Å². The van der Waals surface area contributed by atoms with E-state index in [1.165, 1.54) is 12.1 Å². The molecule has 0 aliphatic rings. The summed E-state index contributed by atoms with van der Waals surface area (Å²) in [7, 11) is -3.68. The summed E-state index contributed by atoms with van der Waals surface area (Å²) >= 11 is 0. The number of benzene rings is 2. The van der Waals surface area contributed by atoms with Crippen LogP contribution in [0.1, 0.15) is 42.4 Å². The van der Waals surface area contributed by atoms with Crippen LogP contribution in [0.5, 0.6) is 0 Å². The van der Waals surface area contributed by atoms with Crippen LogP contribution < -0.4 is 10.0 Å². The Balaban J connectivity index is 1.86. The number of H-pyrrole nitrogens is 1. The Morgan fingerprint density at radius 2 is 1.75 bits per heavy atom. The number of aromatic nitrogens is 1. The summed E-state index contributed by atoms with van der Waals surface area (Å²) in [5.41, 5.74) is 3.33. The highest BCUT2D eigenvalue weighted by Crippen LogP contribution is 2.23. The first-order valence-corrected chi connectivity index (χ1v) is 10.5. The van der Waals surface area contributed by atoms with Crippen LogP contribution in [-0.2, 0) is 10.0 Å². The maximum atomic E-state index is 12.7. The highest BCUT2D eigenvalue weighted by atomic mass is 32.2. The number of carbonyl (C=O) groups is 1. The molecule has 2 aromatic carbocycles. The molecular formula is C21H25N3O3S. The zero-order chi connectivity index (χ0) is 20.7. The molecule has 28 heavy (non-hydrogen) atoms. The van der Waals surface area contributed by atoms with Crippen molar-refractivity contribution < 1.29 is 13.2 Å². The van der Waals surface area contributed by atoms with Gasteiger partial charge < -0.3 is 10.3 Å². The minimum Gasteiger partial charge on any atom is -0.351 e. The third-order valence-electron chi connectivity index (χ3n) is 4.18. The largest absolute Gasteiger partial charge is 0.351 e. The van der Waals surface area contributed by atoms with Gasteiger partial charge in [-0.3, -0.25) is 4.79 Å². The fourth-order valence-electron chi connectivity index (χ4n) is 3.12. The first kappa shape index (κ1) is 20.1. The van der Waals surface area contributed by atoms with Gasteiger partial charge >= 0.3 is 0 Å². The maximum absolute atomic E-state index is 12.7. The van der Waals surface area contributed by atoms with Crippen LogP contribution >= 0.6 is 0 Å². The average molecular weight is 400 g/mol. The topological polar surface area (TPSA) is 91.1 Å². The van der Waals surface area contributed by atoms with E-state index in [4.69, 9.17) is 0 Å². The fourth-order valence-corrected chi connectivity index (χ4v) is 4.59. The fraction of sp³-hybridized carbons (Fsp3) is 0.286. The van der Waals surface area contributed by atoms with E-state index in [2.05, 4.69) is 21.1 Å². The SMILES string of the molecule is Cc1cc(C)c2cc(C(=O)Nc3cccc(S(=O)(=O)NC(C)(C)C)c3)[nH]c2c1. The molecule has 0 unspecified atom stereocenters. The molecule has 3 aromatic rings. The molecule has 0 aliphatic heterocycles. The van der Waals surface area contributed by atoms with Gasteiger partial charge in [0.05, 0.1) is 4.90 Å². The lowest BCUT2D eigenvalue weighted by molar-refractivity contribution is 0.102. The van der Waals surface area contributed by atoms with Crippen LogP contribution in [-0.4, -0.2) is 24.8 Å². The molecule has 0 atom stereocenters. The Hall–Kier alpha value is -2.64. The molecule has 1 heterocycles. The summed E-state index contributed by atoms with van der Waals surface area (Å²) in [6.07, 6.45) is 0. The third-order valence-corrected chi connectivity index (χ3v) is 5.93. The molecule has 3 rings (SSSR count). The van der Waals surface area contributed by atoms with Crippen molar-refractivity contribution in [1.82, 2.24) is 9.71 Å². The summed E-state index contributed by atoms with van der Waals surface area (Å²) in [4.78, 5) is 15.9. The zero-order valence-electron chi connectivity index (χ0n) is 16.7. The molecular weight excluding hydrogens is 374 g/mol. The van der Waals surface area contributed by atoms with Crippen LogP contribution in [0.2, 0.25) is 0 Å². The molecule has 0 aliphatic carbocycles. The highest BCUT2D eigenvalue weighted by molar-refractivity contribution is 7.89. The highest BCUT2D eigenvalue weighted by Gasteiger charge is 2.22. The van der Waals surface area contributed by atoms with Crippen molar-refractivity contribution in [2.24, 2.45) is 0 Å². The summed E-state index contributed by atoms with van der Waals surface area (Å²) in [5, 5.41) is 3.75. The smallest absolute Gasteiger partial charge is 0.272 e. The van der Waals surface area contributed by atoms with E-state index >= 15 is 0 Å². The minimum atomic E-state index is -3.68. The number of carbonyl (C=O) groups excluding carboxylic acids is 1. The molecule has 1 aromatic heterocycles. The van der Waals surface area contributed by atoms with E-state index in [0.29, 0.717) is 11.4 Å². The number of aryl methyl sites for hydroxylation is 2. The second-order valence-corrected chi connectivity index (χ2v) is 9.75. The molecule has 0 radical (unpaired) electrons. The van der Waals surface area contributed by atoms with Crippen LogP contribution in [0.4, 0.5) is 5.69 Å². The Kier molecular flexibility index (Phi) is 5.08. The van der Waals surface area contributed by atoms with E-state index in [1.807, 2.05) is 19.9 Å². The van der Waals surface area contributed by atoms with Crippen molar-refractivity contribution in [3.8, 4) is 0 Å². The summed E-state index contributed by atoms with van der Waals surface area (Å²) in [6, 6.07) is 12.1. The van der Waals surface area contributed by atoms with Crippen molar-refractivity contribution in [3.63, 3.8) is 0 Å². The Morgan fingerprint density at radius 3 is 2.43 bits per heavy atom. The van der Waals surface area contributed by atoms with E-state index in [1.54, 1.807) is 39.0 Å². The van der Waals surface area contributed by atoms with Gasteiger partial charge in [0.25, 0.3) is 5.91 Å². The van der Waals surface area contributed by atoms with Gasteiger partial charge in [0, 0.05) is 22.1 Å². The number of fused-ring (bicyclic) bond motifs is 1. The number of anilines is 1. The molecule has 7 heteroatoms. The van der Waals surface area contributed by atoms with Crippen LogP contribution in [0.15, 0.2) is 47.4 Å². The molecule has 0 fully saturated rings. The van der Waals surface area contributed by atoms with Crippen molar-refractivity contribution in [2.45, 2.75) is 45.1 Å². The first-order chi connectivity index (χ1) is 12.9. The molecule has 6 nitrogen and oxygen atoms in total. The predicted molar refractivity (Wildman–Crippen MR) is 112 cm³/mol. The number of aromatic amines is 1. The number of sulfonamides is 1. The predicted octanol–water partition coefficient (Wildman–Crippen LogP) is 4.11. The lowest BCUT2D eigenvalue weighted by atomic mass is 10.1. The van der Waals surface area contributed by atoms with Crippen LogP contribution in [0, 0.1) is 13.8 Å². The van der Waals surface area contributed by atoms with Crippen molar-refractivity contribution in [2.75, 3.05) is 5.32 Å². The molecule has 148 valence electrons. The summed E-state index contributed by atoms with van der Waals surface area (Å²) in [5.74, 6) is -0.327. The summed E-state index contributed by atoms with van der Waals surface area (Å²) in [6.45, 7) is 9.33. The van der Waals surface area contributed by atoms with E-state index in [9.17, 15) is 13.2 Å². The number of rotatable bonds is 4. The number of hydrogen-bond donors (Lipinski definition) is 3. The molecule has 3 N–H and O–H groups in total. The van der Waals surface area contributed by atoms with Gasteiger partial charge in [-0.15, -0.1) is 0 Å². The summed E-state index contributed by atoms with van der Waals surface area (Å²) < 4.78 is 27.6. The Labute approximate surface area is 165 Å². The molecule has 0 saturated heterocycles. The Bertz CT molecular complexity index is 1160. The quantitative estimate of drug-likeness (QED) is 0.616. The van der Waals surface area contributed by atoms with Gasteiger partial charge in [-0.25, -0.2) is 13.1 Å². The normalized spacial score (nSPS) is 12.3. The van der Waals surface area contributed by atoms with Gasteiger partial charge in [0.2, 0.25) is 10.0 Å². The van der Waals surface area contributed by atoms with Crippen LogP contribution in [0.25, 0.3) is 10.9 Å². The zero-order valence-corrected chi connectivity index (χ0v) is 17.5. The number of nitrogens with one attached hydrogen (secondary N) is 3. The molecule has 0 saturated carbocycles. The minimum absolute atomic E-state index is 0.100. The van der Waals surface area contributed by atoms with Crippen LogP contribution in [0.3, 0.4) is 0 Å². The molecule has 0 bridgehead atoms. The Morgan fingerprint density at radius 1 is 1.04 bits per heavy atom. The molecule has 0 spiro atoms. The van der Waals surface area contributed by atoms with E-state index < -0.39 is 15.6 Å². The number of hydrogen-bond acceptors (Lipinski definition) is 3. The van der Waals surface area contributed by atoms with Crippen molar-refractivity contribution in [1.29, 1.82) is 0 Å².